The normalized spacial score (nSPS) is 10.5. The number of allylic oxidation sites excluding steroid dienone is 1. The molecule has 0 heterocycles. The lowest BCUT2D eigenvalue weighted by Gasteiger charge is -1.96. The Morgan fingerprint density at radius 1 is 1.47 bits per heavy atom. The standard InChI is InChI=1S/C12H13ClO2/c1-15-12(14)8-3-2-5-10-6-4-7-11(13)9-10/h2-4,6-7,9H,5,8H2,1H3/b3-2-. The third kappa shape index (κ3) is 4.66. The van der Waals surface area contributed by atoms with E-state index in [-0.39, 0.29) is 5.97 Å². The summed E-state index contributed by atoms with van der Waals surface area (Å²) in [4.78, 5) is 10.8. The van der Waals surface area contributed by atoms with Crippen LogP contribution in [0.3, 0.4) is 0 Å². The Labute approximate surface area is 94.5 Å². The maximum absolute atomic E-state index is 10.8. The molecule has 0 aliphatic heterocycles. The second kappa shape index (κ2) is 6.25. The predicted molar refractivity (Wildman–Crippen MR) is 60.9 cm³/mol. The van der Waals surface area contributed by atoms with Crippen LogP contribution in [-0.2, 0) is 16.0 Å². The molecule has 0 unspecified atom stereocenters. The molecular weight excluding hydrogens is 212 g/mol. The summed E-state index contributed by atoms with van der Waals surface area (Å²) in [7, 11) is 1.38. The summed E-state index contributed by atoms with van der Waals surface area (Å²) in [6.07, 6.45) is 4.82. The number of methoxy groups -OCH3 is 1. The maximum atomic E-state index is 10.8. The van der Waals surface area contributed by atoms with Gasteiger partial charge in [-0.05, 0) is 24.1 Å². The summed E-state index contributed by atoms with van der Waals surface area (Å²) in [5.74, 6) is -0.225. The molecule has 0 atom stereocenters. The Hall–Kier alpha value is -1.28. The van der Waals surface area contributed by atoms with Gasteiger partial charge in [-0.15, -0.1) is 0 Å². The van der Waals surface area contributed by atoms with Gasteiger partial charge in [-0.1, -0.05) is 35.9 Å². The van der Waals surface area contributed by atoms with Crippen LogP contribution in [0, 0.1) is 0 Å². The van der Waals surface area contributed by atoms with Gasteiger partial charge in [0.15, 0.2) is 0 Å². The van der Waals surface area contributed by atoms with E-state index in [4.69, 9.17) is 11.6 Å². The van der Waals surface area contributed by atoms with E-state index in [2.05, 4.69) is 4.74 Å². The molecular formula is C12H13ClO2. The smallest absolute Gasteiger partial charge is 0.309 e. The Balaban J connectivity index is 2.40. The van der Waals surface area contributed by atoms with Gasteiger partial charge in [0.1, 0.15) is 0 Å². The highest BCUT2D eigenvalue weighted by Crippen LogP contribution is 2.11. The molecule has 3 heteroatoms. The number of carbonyl (C=O) groups excluding carboxylic acids is 1. The first-order valence-electron chi connectivity index (χ1n) is 4.68. The topological polar surface area (TPSA) is 26.3 Å². The summed E-state index contributed by atoms with van der Waals surface area (Å²) in [5, 5.41) is 0.730. The number of hydrogen-bond acceptors (Lipinski definition) is 2. The Bertz CT molecular complexity index is 358. The van der Waals surface area contributed by atoms with Crippen molar-refractivity contribution in [3.8, 4) is 0 Å². The van der Waals surface area contributed by atoms with Gasteiger partial charge in [-0.25, -0.2) is 0 Å². The van der Waals surface area contributed by atoms with E-state index >= 15 is 0 Å². The van der Waals surface area contributed by atoms with Gasteiger partial charge >= 0.3 is 5.97 Å². The molecule has 0 spiro atoms. The Morgan fingerprint density at radius 2 is 2.27 bits per heavy atom. The van der Waals surface area contributed by atoms with Crippen molar-refractivity contribution in [3.63, 3.8) is 0 Å². The van der Waals surface area contributed by atoms with Crippen molar-refractivity contribution in [2.45, 2.75) is 12.8 Å². The molecule has 1 rings (SSSR count). The maximum Gasteiger partial charge on any atom is 0.309 e. The summed E-state index contributed by atoms with van der Waals surface area (Å²) in [5.41, 5.74) is 1.13. The van der Waals surface area contributed by atoms with Gasteiger partial charge in [-0.2, -0.15) is 0 Å². The van der Waals surface area contributed by atoms with Crippen LogP contribution in [0.5, 0.6) is 0 Å². The average Bonchev–Trinajstić information content (AvgIpc) is 2.24. The molecule has 0 saturated heterocycles. The average molecular weight is 225 g/mol. The number of hydrogen-bond donors (Lipinski definition) is 0. The molecule has 15 heavy (non-hydrogen) atoms. The van der Waals surface area contributed by atoms with Crippen molar-refractivity contribution in [1.82, 2.24) is 0 Å². The minimum absolute atomic E-state index is 0.225. The van der Waals surface area contributed by atoms with E-state index in [0.29, 0.717) is 6.42 Å². The largest absolute Gasteiger partial charge is 0.469 e. The van der Waals surface area contributed by atoms with Crippen molar-refractivity contribution >= 4 is 17.6 Å². The lowest BCUT2D eigenvalue weighted by atomic mass is 10.1. The van der Waals surface area contributed by atoms with Crippen molar-refractivity contribution in [1.29, 1.82) is 0 Å². The van der Waals surface area contributed by atoms with Gasteiger partial charge in [0.25, 0.3) is 0 Å². The molecule has 0 aliphatic rings. The lowest BCUT2D eigenvalue weighted by molar-refractivity contribution is -0.139. The van der Waals surface area contributed by atoms with Gasteiger partial charge in [0.05, 0.1) is 13.5 Å². The molecule has 0 aliphatic carbocycles. The minimum atomic E-state index is -0.225. The van der Waals surface area contributed by atoms with Crippen LogP contribution in [0.15, 0.2) is 36.4 Å². The van der Waals surface area contributed by atoms with Gasteiger partial charge in [0.2, 0.25) is 0 Å². The molecule has 1 aromatic carbocycles. The van der Waals surface area contributed by atoms with Crippen LogP contribution in [-0.4, -0.2) is 13.1 Å². The number of ether oxygens (including phenoxy) is 1. The number of rotatable bonds is 4. The zero-order valence-corrected chi connectivity index (χ0v) is 9.33. The molecule has 0 N–H and O–H groups in total. The van der Waals surface area contributed by atoms with Crippen molar-refractivity contribution < 1.29 is 9.53 Å². The molecule has 0 bridgehead atoms. The van der Waals surface area contributed by atoms with Crippen molar-refractivity contribution in [2.75, 3.05) is 7.11 Å². The monoisotopic (exact) mass is 224 g/mol. The van der Waals surface area contributed by atoms with Crippen LogP contribution in [0.2, 0.25) is 5.02 Å². The molecule has 0 fully saturated rings. The summed E-state index contributed by atoms with van der Waals surface area (Å²) in [6.45, 7) is 0. The van der Waals surface area contributed by atoms with Gasteiger partial charge < -0.3 is 4.74 Å². The van der Waals surface area contributed by atoms with Crippen LogP contribution in [0.1, 0.15) is 12.0 Å². The highest BCUT2D eigenvalue weighted by Gasteiger charge is 1.94. The van der Waals surface area contributed by atoms with Crippen LogP contribution < -0.4 is 0 Å². The number of carbonyl (C=O) groups is 1. The van der Waals surface area contributed by atoms with E-state index < -0.39 is 0 Å². The van der Waals surface area contributed by atoms with E-state index in [0.717, 1.165) is 17.0 Å². The second-order valence-electron chi connectivity index (χ2n) is 3.09. The van der Waals surface area contributed by atoms with E-state index in [1.165, 1.54) is 7.11 Å². The summed E-state index contributed by atoms with van der Waals surface area (Å²) < 4.78 is 4.51. The first kappa shape index (κ1) is 11.8. The molecule has 0 radical (unpaired) electrons. The van der Waals surface area contributed by atoms with Gasteiger partial charge in [-0.3, -0.25) is 4.79 Å². The highest BCUT2D eigenvalue weighted by molar-refractivity contribution is 6.30. The third-order valence-electron chi connectivity index (χ3n) is 1.92. The zero-order chi connectivity index (χ0) is 11.1. The molecule has 1 aromatic rings. The number of halogens is 1. The fourth-order valence-electron chi connectivity index (χ4n) is 1.15. The third-order valence-corrected chi connectivity index (χ3v) is 2.16. The zero-order valence-electron chi connectivity index (χ0n) is 8.57. The Kier molecular flexibility index (Phi) is 4.91. The predicted octanol–water partition coefficient (Wildman–Crippen LogP) is 3.00. The number of benzene rings is 1. The molecule has 0 amide bonds. The van der Waals surface area contributed by atoms with Crippen molar-refractivity contribution in [3.05, 3.63) is 47.0 Å². The van der Waals surface area contributed by atoms with Crippen LogP contribution in [0.4, 0.5) is 0 Å². The fourth-order valence-corrected chi connectivity index (χ4v) is 1.36. The van der Waals surface area contributed by atoms with Crippen LogP contribution >= 0.6 is 11.6 Å². The highest BCUT2D eigenvalue weighted by atomic mass is 35.5. The van der Waals surface area contributed by atoms with E-state index in [1.54, 1.807) is 6.08 Å². The van der Waals surface area contributed by atoms with Gasteiger partial charge in [0, 0.05) is 5.02 Å². The number of esters is 1. The SMILES string of the molecule is COC(=O)C/C=C\Cc1cccc(Cl)c1. The molecule has 0 aromatic heterocycles. The van der Waals surface area contributed by atoms with Crippen molar-refractivity contribution in [2.24, 2.45) is 0 Å². The lowest BCUT2D eigenvalue weighted by Crippen LogP contribution is -1.96. The van der Waals surface area contributed by atoms with E-state index in [1.807, 2.05) is 30.3 Å². The molecule has 2 nitrogen and oxygen atoms in total. The summed E-state index contributed by atoms with van der Waals surface area (Å²) in [6, 6.07) is 7.65. The second-order valence-corrected chi connectivity index (χ2v) is 3.52. The quantitative estimate of drug-likeness (QED) is 0.581. The first-order valence-corrected chi connectivity index (χ1v) is 5.06. The first-order chi connectivity index (χ1) is 7.22. The minimum Gasteiger partial charge on any atom is -0.469 e. The Morgan fingerprint density at radius 3 is 2.93 bits per heavy atom. The molecule has 0 saturated carbocycles. The fraction of sp³-hybridized carbons (Fsp3) is 0.250. The summed E-state index contributed by atoms with van der Waals surface area (Å²) >= 11 is 5.83. The molecule has 80 valence electrons. The van der Waals surface area contributed by atoms with Crippen LogP contribution in [0.25, 0.3) is 0 Å². The van der Waals surface area contributed by atoms with E-state index in [9.17, 15) is 4.79 Å².